The van der Waals surface area contributed by atoms with Crippen molar-refractivity contribution in [2.24, 2.45) is 5.73 Å². The fourth-order valence-corrected chi connectivity index (χ4v) is 0.899. The van der Waals surface area contributed by atoms with Crippen molar-refractivity contribution in [2.75, 3.05) is 0 Å². The molecule has 2 N–H and O–H groups in total. The maximum Gasteiger partial charge on any atom is 0.250 e. The lowest BCUT2D eigenvalue weighted by molar-refractivity contribution is 0.924. The van der Waals surface area contributed by atoms with Gasteiger partial charge in [0.05, 0.1) is 0 Å². The standard InChI is InChI=1S/C6H6Cl3N3/c7-6(8,9)5-11-2-4(1-10)3-12-5/h2-3H,1,10H2. The van der Waals surface area contributed by atoms with Gasteiger partial charge < -0.3 is 5.73 Å². The van der Waals surface area contributed by atoms with Crippen LogP contribution in [-0.2, 0) is 10.3 Å². The second-order valence-electron chi connectivity index (χ2n) is 2.12. The number of aromatic nitrogens is 2. The minimum atomic E-state index is -1.56. The molecule has 0 unspecified atom stereocenters. The number of nitrogens with two attached hydrogens (primary N) is 1. The van der Waals surface area contributed by atoms with Crippen LogP contribution in [0.2, 0.25) is 0 Å². The molecule has 3 nitrogen and oxygen atoms in total. The van der Waals surface area contributed by atoms with Gasteiger partial charge in [0.1, 0.15) is 0 Å². The lowest BCUT2D eigenvalue weighted by Crippen LogP contribution is -2.08. The Kier molecular flexibility index (Phi) is 3.12. The highest BCUT2D eigenvalue weighted by Crippen LogP contribution is 2.35. The third-order valence-electron chi connectivity index (χ3n) is 1.19. The molecule has 0 aliphatic carbocycles. The van der Waals surface area contributed by atoms with E-state index in [1.165, 1.54) is 12.4 Å². The van der Waals surface area contributed by atoms with Gasteiger partial charge in [-0.3, -0.25) is 0 Å². The second-order valence-corrected chi connectivity index (χ2v) is 4.40. The Hall–Kier alpha value is -0.0900. The van der Waals surface area contributed by atoms with Crippen molar-refractivity contribution in [1.29, 1.82) is 0 Å². The maximum atomic E-state index is 5.53. The maximum absolute atomic E-state index is 5.53. The van der Waals surface area contributed by atoms with Gasteiger partial charge in [0.2, 0.25) is 3.79 Å². The van der Waals surface area contributed by atoms with Crippen LogP contribution >= 0.6 is 34.8 Å². The second kappa shape index (κ2) is 3.75. The van der Waals surface area contributed by atoms with Gasteiger partial charge in [-0.1, -0.05) is 34.8 Å². The van der Waals surface area contributed by atoms with Gasteiger partial charge in [0.25, 0.3) is 0 Å². The summed E-state index contributed by atoms with van der Waals surface area (Å²) in [6.07, 6.45) is 3.06. The summed E-state index contributed by atoms with van der Waals surface area (Å²) in [5.41, 5.74) is 6.13. The topological polar surface area (TPSA) is 51.8 Å². The van der Waals surface area contributed by atoms with Crippen LogP contribution in [0.1, 0.15) is 11.4 Å². The fourth-order valence-electron chi connectivity index (χ4n) is 0.607. The Labute approximate surface area is 84.9 Å². The van der Waals surface area contributed by atoms with E-state index in [0.717, 1.165) is 5.56 Å². The summed E-state index contributed by atoms with van der Waals surface area (Å²) in [5, 5.41) is 0. The minimum absolute atomic E-state index is 0.157. The molecule has 0 atom stereocenters. The Morgan fingerprint density at radius 1 is 1.25 bits per heavy atom. The van der Waals surface area contributed by atoms with E-state index in [1.807, 2.05) is 0 Å². The lowest BCUT2D eigenvalue weighted by Gasteiger charge is -2.08. The summed E-state index contributed by atoms with van der Waals surface area (Å²) >= 11 is 16.6. The molecule has 1 heterocycles. The fraction of sp³-hybridized carbons (Fsp3) is 0.333. The first kappa shape index (κ1) is 9.99. The van der Waals surface area contributed by atoms with Crippen molar-refractivity contribution in [2.45, 2.75) is 10.3 Å². The Balaban J connectivity index is 2.93. The van der Waals surface area contributed by atoms with Crippen LogP contribution in [0, 0.1) is 0 Å². The molecular weight excluding hydrogens is 220 g/mol. The summed E-state index contributed by atoms with van der Waals surface area (Å²) in [4.78, 5) is 7.67. The van der Waals surface area contributed by atoms with E-state index in [-0.39, 0.29) is 5.82 Å². The van der Waals surface area contributed by atoms with Crippen molar-refractivity contribution >= 4 is 34.8 Å². The van der Waals surface area contributed by atoms with Crippen LogP contribution in [0.15, 0.2) is 12.4 Å². The van der Waals surface area contributed by atoms with Crippen LogP contribution in [0.3, 0.4) is 0 Å². The lowest BCUT2D eigenvalue weighted by atomic mass is 10.3. The van der Waals surface area contributed by atoms with Crippen LogP contribution in [0.4, 0.5) is 0 Å². The number of halogens is 3. The zero-order chi connectivity index (χ0) is 9.19. The molecule has 0 saturated carbocycles. The quantitative estimate of drug-likeness (QED) is 0.743. The zero-order valence-corrected chi connectivity index (χ0v) is 8.24. The number of nitrogens with zero attached hydrogens (tertiary/aromatic N) is 2. The summed E-state index contributed by atoms with van der Waals surface area (Å²) < 4.78 is -1.56. The third-order valence-corrected chi connectivity index (χ3v) is 1.70. The van der Waals surface area contributed by atoms with Crippen LogP contribution in [0.5, 0.6) is 0 Å². The van der Waals surface area contributed by atoms with Gasteiger partial charge in [0, 0.05) is 24.5 Å². The number of hydrogen-bond acceptors (Lipinski definition) is 3. The number of alkyl halides is 3. The minimum Gasteiger partial charge on any atom is -0.326 e. The first-order chi connectivity index (χ1) is 5.54. The molecule has 0 aliphatic heterocycles. The molecule has 1 aromatic heterocycles. The van der Waals surface area contributed by atoms with Crippen molar-refractivity contribution in [3.8, 4) is 0 Å². The molecule has 0 spiro atoms. The van der Waals surface area contributed by atoms with Gasteiger partial charge in [-0.2, -0.15) is 0 Å². The van der Waals surface area contributed by atoms with Gasteiger partial charge in [-0.25, -0.2) is 9.97 Å². The van der Waals surface area contributed by atoms with Gasteiger partial charge in [0.15, 0.2) is 5.82 Å². The summed E-state index contributed by atoms with van der Waals surface area (Å²) in [6.45, 7) is 0.375. The highest BCUT2D eigenvalue weighted by molar-refractivity contribution is 6.66. The zero-order valence-electron chi connectivity index (χ0n) is 5.97. The molecular formula is C6H6Cl3N3. The van der Waals surface area contributed by atoms with E-state index in [9.17, 15) is 0 Å². The molecule has 0 amide bonds. The van der Waals surface area contributed by atoms with E-state index >= 15 is 0 Å². The SMILES string of the molecule is NCc1cnc(C(Cl)(Cl)Cl)nc1. The van der Waals surface area contributed by atoms with E-state index in [2.05, 4.69) is 9.97 Å². The predicted octanol–water partition coefficient (Wildman–Crippen LogP) is 1.76. The number of rotatable bonds is 1. The van der Waals surface area contributed by atoms with E-state index in [0.29, 0.717) is 6.54 Å². The summed E-state index contributed by atoms with van der Waals surface area (Å²) in [7, 11) is 0. The normalized spacial score (nSPS) is 11.7. The van der Waals surface area contributed by atoms with Crippen LogP contribution < -0.4 is 5.73 Å². The molecule has 66 valence electrons. The monoisotopic (exact) mass is 225 g/mol. The largest absolute Gasteiger partial charge is 0.326 e. The van der Waals surface area contributed by atoms with Crippen LogP contribution in [0.25, 0.3) is 0 Å². The van der Waals surface area contributed by atoms with Crippen molar-refractivity contribution in [1.82, 2.24) is 9.97 Å². The Morgan fingerprint density at radius 3 is 2.08 bits per heavy atom. The summed E-state index contributed by atoms with van der Waals surface area (Å²) in [6, 6.07) is 0. The Bertz CT molecular complexity index is 254. The average molecular weight is 226 g/mol. The average Bonchev–Trinajstić information content (AvgIpc) is 2.03. The molecule has 0 saturated heterocycles. The molecule has 0 bridgehead atoms. The molecule has 1 rings (SSSR count). The molecule has 6 heteroatoms. The first-order valence-corrected chi connectivity index (χ1v) is 4.25. The molecule has 12 heavy (non-hydrogen) atoms. The van der Waals surface area contributed by atoms with E-state index in [1.54, 1.807) is 0 Å². The van der Waals surface area contributed by atoms with E-state index in [4.69, 9.17) is 40.5 Å². The van der Waals surface area contributed by atoms with Crippen LogP contribution in [-0.4, -0.2) is 9.97 Å². The smallest absolute Gasteiger partial charge is 0.250 e. The van der Waals surface area contributed by atoms with Crippen molar-refractivity contribution in [3.05, 3.63) is 23.8 Å². The molecule has 0 aromatic carbocycles. The van der Waals surface area contributed by atoms with Crippen molar-refractivity contribution < 1.29 is 0 Å². The third kappa shape index (κ3) is 2.45. The van der Waals surface area contributed by atoms with Crippen molar-refractivity contribution in [3.63, 3.8) is 0 Å². The van der Waals surface area contributed by atoms with Gasteiger partial charge >= 0.3 is 0 Å². The highest BCUT2D eigenvalue weighted by Gasteiger charge is 2.25. The summed E-state index contributed by atoms with van der Waals surface area (Å²) in [5.74, 6) is 0.157. The molecule has 0 aliphatic rings. The highest BCUT2D eigenvalue weighted by atomic mass is 35.6. The van der Waals surface area contributed by atoms with Gasteiger partial charge in [-0.05, 0) is 0 Å². The Morgan fingerprint density at radius 2 is 1.75 bits per heavy atom. The molecule has 0 fully saturated rings. The molecule has 0 radical (unpaired) electrons. The number of hydrogen-bond donors (Lipinski definition) is 1. The molecule has 1 aromatic rings. The van der Waals surface area contributed by atoms with E-state index < -0.39 is 3.79 Å². The predicted molar refractivity (Wildman–Crippen MR) is 49.2 cm³/mol. The van der Waals surface area contributed by atoms with Gasteiger partial charge in [-0.15, -0.1) is 0 Å². The first-order valence-electron chi connectivity index (χ1n) is 3.12.